The molecule has 0 saturated heterocycles. The van der Waals surface area contributed by atoms with Gasteiger partial charge in [0.1, 0.15) is 0 Å². The lowest BCUT2D eigenvalue weighted by atomic mass is 9.72. The highest BCUT2D eigenvalue weighted by molar-refractivity contribution is 6.01. The van der Waals surface area contributed by atoms with Gasteiger partial charge in [0.25, 0.3) is 0 Å². The molecule has 0 fully saturated rings. The van der Waals surface area contributed by atoms with Gasteiger partial charge in [0, 0.05) is 10.8 Å². The van der Waals surface area contributed by atoms with Crippen molar-refractivity contribution in [3.8, 4) is 34.4 Å². The van der Waals surface area contributed by atoms with Crippen molar-refractivity contribution in [2.24, 2.45) is 0 Å². The molecule has 0 bridgehead atoms. The SMILES string of the molecule is CC1(C)c2cc(-c3ccc(C#N)cc3)ccc2N(c2cccc3ccccc23)c2ccc(-c3ccc(C#N)cc3)cc21. The van der Waals surface area contributed by atoms with Crippen molar-refractivity contribution < 1.29 is 0 Å². The molecule has 0 atom stereocenters. The van der Waals surface area contributed by atoms with Crippen LogP contribution in [0.2, 0.25) is 0 Å². The van der Waals surface area contributed by atoms with Crippen molar-refractivity contribution in [3.05, 3.63) is 150 Å². The van der Waals surface area contributed by atoms with Gasteiger partial charge in [-0.15, -0.1) is 0 Å². The highest BCUT2D eigenvalue weighted by atomic mass is 15.2. The van der Waals surface area contributed by atoms with Gasteiger partial charge in [0.05, 0.1) is 40.3 Å². The van der Waals surface area contributed by atoms with Crippen LogP contribution in [0.4, 0.5) is 17.1 Å². The Morgan fingerprint density at radius 3 is 1.50 bits per heavy atom. The average molecular weight is 538 g/mol. The molecule has 0 spiro atoms. The van der Waals surface area contributed by atoms with Crippen LogP contribution in [-0.4, -0.2) is 0 Å². The first-order valence-electron chi connectivity index (χ1n) is 14.1. The number of rotatable bonds is 3. The Balaban J connectivity index is 1.47. The van der Waals surface area contributed by atoms with Gasteiger partial charge in [-0.05, 0) is 93.4 Å². The van der Waals surface area contributed by atoms with E-state index in [0.29, 0.717) is 11.1 Å². The van der Waals surface area contributed by atoms with Crippen molar-refractivity contribution in [2.75, 3.05) is 4.90 Å². The number of anilines is 3. The van der Waals surface area contributed by atoms with E-state index in [-0.39, 0.29) is 5.41 Å². The van der Waals surface area contributed by atoms with Crippen molar-refractivity contribution in [3.63, 3.8) is 0 Å². The molecule has 42 heavy (non-hydrogen) atoms. The molecule has 0 saturated carbocycles. The predicted octanol–water partition coefficient (Wildman–Crippen LogP) is 10.0. The fourth-order valence-electron chi connectivity index (χ4n) is 6.23. The highest BCUT2D eigenvalue weighted by Crippen LogP contribution is 2.54. The molecule has 6 aromatic rings. The van der Waals surface area contributed by atoms with Crippen LogP contribution in [0.25, 0.3) is 33.0 Å². The van der Waals surface area contributed by atoms with Gasteiger partial charge in [-0.1, -0.05) is 86.6 Å². The third-order valence-corrected chi connectivity index (χ3v) is 8.52. The van der Waals surface area contributed by atoms with Gasteiger partial charge in [0.2, 0.25) is 0 Å². The number of benzene rings is 6. The average Bonchev–Trinajstić information content (AvgIpc) is 3.05. The van der Waals surface area contributed by atoms with Gasteiger partial charge < -0.3 is 4.90 Å². The largest absolute Gasteiger partial charge is 0.309 e. The summed E-state index contributed by atoms with van der Waals surface area (Å²) in [6.45, 7) is 4.60. The minimum Gasteiger partial charge on any atom is -0.309 e. The first-order valence-corrected chi connectivity index (χ1v) is 14.1. The Morgan fingerprint density at radius 2 is 0.976 bits per heavy atom. The lowest BCUT2D eigenvalue weighted by Crippen LogP contribution is -2.30. The maximum absolute atomic E-state index is 9.29. The first-order chi connectivity index (χ1) is 20.5. The lowest BCUT2D eigenvalue weighted by molar-refractivity contribution is 0.632. The molecule has 0 aromatic heterocycles. The molecule has 3 heteroatoms. The maximum atomic E-state index is 9.29. The summed E-state index contributed by atoms with van der Waals surface area (Å²) in [6, 6.07) is 48.6. The third-order valence-electron chi connectivity index (χ3n) is 8.52. The minimum atomic E-state index is -0.295. The summed E-state index contributed by atoms with van der Waals surface area (Å²) in [5.74, 6) is 0. The molecule has 6 aromatic carbocycles. The lowest BCUT2D eigenvalue weighted by Gasteiger charge is -2.43. The second-order valence-corrected chi connectivity index (χ2v) is 11.3. The van der Waals surface area contributed by atoms with E-state index in [1.807, 2.05) is 48.5 Å². The van der Waals surface area contributed by atoms with Gasteiger partial charge >= 0.3 is 0 Å². The summed E-state index contributed by atoms with van der Waals surface area (Å²) in [5.41, 5.74) is 11.4. The molecule has 1 aliphatic heterocycles. The molecule has 1 aliphatic rings. The number of hydrogen-bond acceptors (Lipinski definition) is 3. The topological polar surface area (TPSA) is 50.8 Å². The maximum Gasteiger partial charge on any atom is 0.0991 e. The van der Waals surface area contributed by atoms with Crippen LogP contribution < -0.4 is 4.90 Å². The fourth-order valence-corrected chi connectivity index (χ4v) is 6.23. The van der Waals surface area contributed by atoms with Gasteiger partial charge in [-0.3, -0.25) is 0 Å². The molecule has 0 unspecified atom stereocenters. The number of fused-ring (bicyclic) bond motifs is 3. The van der Waals surface area contributed by atoms with Crippen LogP contribution in [0.15, 0.2) is 127 Å². The van der Waals surface area contributed by atoms with Crippen LogP contribution in [0.3, 0.4) is 0 Å². The summed E-state index contributed by atoms with van der Waals surface area (Å²) >= 11 is 0. The van der Waals surface area contributed by atoms with Crippen LogP contribution >= 0.6 is 0 Å². The van der Waals surface area contributed by atoms with E-state index in [0.717, 1.165) is 39.3 Å². The summed E-state index contributed by atoms with van der Waals surface area (Å²) in [4.78, 5) is 2.41. The summed E-state index contributed by atoms with van der Waals surface area (Å²) in [5, 5.41) is 21.0. The monoisotopic (exact) mass is 537 g/mol. The minimum absolute atomic E-state index is 0.295. The Labute approximate surface area is 246 Å². The molecule has 0 radical (unpaired) electrons. The Bertz CT molecular complexity index is 1960. The van der Waals surface area contributed by atoms with Gasteiger partial charge in [-0.25, -0.2) is 0 Å². The van der Waals surface area contributed by atoms with Crippen LogP contribution in [-0.2, 0) is 5.41 Å². The molecule has 0 aliphatic carbocycles. The number of nitrogens with zero attached hydrogens (tertiary/aromatic N) is 3. The van der Waals surface area contributed by atoms with Crippen molar-refractivity contribution in [2.45, 2.75) is 19.3 Å². The second kappa shape index (κ2) is 9.77. The molecule has 198 valence electrons. The molecular weight excluding hydrogens is 510 g/mol. The third kappa shape index (κ3) is 4.03. The summed E-state index contributed by atoms with van der Waals surface area (Å²) < 4.78 is 0. The molecule has 3 nitrogen and oxygen atoms in total. The van der Waals surface area contributed by atoms with Crippen molar-refractivity contribution >= 4 is 27.8 Å². The van der Waals surface area contributed by atoms with Gasteiger partial charge in [-0.2, -0.15) is 10.5 Å². The number of nitriles is 2. The van der Waals surface area contributed by atoms with E-state index in [1.54, 1.807) is 0 Å². The number of hydrogen-bond donors (Lipinski definition) is 0. The first kappa shape index (κ1) is 25.3. The van der Waals surface area contributed by atoms with E-state index in [9.17, 15) is 10.5 Å². The zero-order valence-electron chi connectivity index (χ0n) is 23.5. The summed E-state index contributed by atoms with van der Waals surface area (Å²) in [7, 11) is 0. The summed E-state index contributed by atoms with van der Waals surface area (Å²) in [6.07, 6.45) is 0. The van der Waals surface area contributed by atoms with E-state index >= 15 is 0 Å². The Morgan fingerprint density at radius 1 is 0.500 bits per heavy atom. The molecular formula is C39H27N3. The zero-order valence-corrected chi connectivity index (χ0v) is 23.5. The quantitative estimate of drug-likeness (QED) is 0.226. The molecule has 0 amide bonds. The molecule has 1 heterocycles. The second-order valence-electron chi connectivity index (χ2n) is 11.3. The molecule has 7 rings (SSSR count). The van der Waals surface area contributed by atoms with Crippen molar-refractivity contribution in [1.82, 2.24) is 0 Å². The molecule has 0 N–H and O–H groups in total. The van der Waals surface area contributed by atoms with E-state index in [4.69, 9.17) is 0 Å². The van der Waals surface area contributed by atoms with E-state index in [2.05, 4.69) is 110 Å². The van der Waals surface area contributed by atoms with Crippen LogP contribution in [0.1, 0.15) is 36.1 Å². The highest BCUT2D eigenvalue weighted by Gasteiger charge is 2.37. The predicted molar refractivity (Wildman–Crippen MR) is 171 cm³/mol. The van der Waals surface area contributed by atoms with Crippen LogP contribution in [0, 0.1) is 22.7 Å². The Hall–Kier alpha value is -5.64. The van der Waals surface area contributed by atoms with E-state index in [1.165, 1.54) is 21.9 Å². The smallest absolute Gasteiger partial charge is 0.0991 e. The van der Waals surface area contributed by atoms with Crippen molar-refractivity contribution in [1.29, 1.82) is 10.5 Å². The van der Waals surface area contributed by atoms with Crippen LogP contribution in [0.5, 0.6) is 0 Å². The fraction of sp³-hybridized carbons (Fsp3) is 0.0769. The Kier molecular flexibility index (Phi) is 5.89. The van der Waals surface area contributed by atoms with Gasteiger partial charge in [0.15, 0.2) is 0 Å². The zero-order chi connectivity index (χ0) is 28.8. The van der Waals surface area contributed by atoms with E-state index < -0.39 is 0 Å². The standard InChI is InChI=1S/C39H27N3/c1-39(2)34-22-31(28-14-10-26(24-40)11-15-28)18-20-37(34)42(36-9-5-7-30-6-3-4-8-33(30)36)38-21-19-32(23-35(38)39)29-16-12-27(25-41)13-17-29/h3-23H,1-2H3. The normalized spacial score (nSPS) is 13.1.